The van der Waals surface area contributed by atoms with Crippen LogP contribution in [0.1, 0.15) is 25.7 Å². The van der Waals surface area contributed by atoms with Gasteiger partial charge in [0, 0.05) is 13.1 Å². The Morgan fingerprint density at radius 1 is 1.13 bits per heavy atom. The average molecular weight is 333 g/mol. The molecule has 2 fully saturated rings. The van der Waals surface area contributed by atoms with Crippen LogP contribution in [-0.2, 0) is 9.59 Å². The highest BCUT2D eigenvalue weighted by Gasteiger charge is 2.23. The molecule has 2 saturated heterocycles. The number of para-hydroxylation sites is 2. The summed E-state index contributed by atoms with van der Waals surface area (Å²) in [7, 11) is 0. The summed E-state index contributed by atoms with van der Waals surface area (Å²) in [6.45, 7) is 2.21. The van der Waals surface area contributed by atoms with Crippen molar-refractivity contribution in [2.75, 3.05) is 41.5 Å². The lowest BCUT2D eigenvalue weighted by molar-refractivity contribution is -0.130. The van der Waals surface area contributed by atoms with Gasteiger partial charge in [0.1, 0.15) is 6.54 Å². The Morgan fingerprint density at radius 3 is 2.57 bits per heavy atom. The van der Waals surface area contributed by atoms with E-state index in [-0.39, 0.29) is 18.4 Å². The molecule has 0 saturated carbocycles. The van der Waals surface area contributed by atoms with Crippen molar-refractivity contribution < 1.29 is 9.59 Å². The van der Waals surface area contributed by atoms with E-state index in [1.54, 1.807) is 16.7 Å². The topological polar surface area (TPSA) is 52.7 Å². The average Bonchev–Trinajstić information content (AvgIpc) is 2.79. The lowest BCUT2D eigenvalue weighted by Crippen LogP contribution is -2.35. The van der Waals surface area contributed by atoms with E-state index in [1.165, 1.54) is 25.7 Å². The first-order valence-electron chi connectivity index (χ1n) is 8.23. The van der Waals surface area contributed by atoms with Gasteiger partial charge in [-0.15, -0.1) is 11.8 Å². The van der Waals surface area contributed by atoms with Crippen LogP contribution in [0.5, 0.6) is 0 Å². The fraction of sp³-hybridized carbons (Fsp3) is 0.529. The number of carbonyl (C=O) groups is 2. The summed E-state index contributed by atoms with van der Waals surface area (Å²) < 4.78 is 0. The summed E-state index contributed by atoms with van der Waals surface area (Å²) in [6.07, 6.45) is 4.95. The number of nitrogens with zero attached hydrogens (tertiary/aromatic N) is 2. The van der Waals surface area contributed by atoms with Gasteiger partial charge in [0.15, 0.2) is 0 Å². The Balaban J connectivity index is 1.67. The summed E-state index contributed by atoms with van der Waals surface area (Å²) in [5.41, 5.74) is 1.93. The molecule has 1 aromatic carbocycles. The molecule has 0 spiro atoms. The van der Waals surface area contributed by atoms with Crippen LogP contribution < -0.4 is 10.2 Å². The molecule has 6 heteroatoms. The monoisotopic (exact) mass is 333 g/mol. The molecule has 0 aliphatic carbocycles. The van der Waals surface area contributed by atoms with Crippen molar-refractivity contribution in [3.05, 3.63) is 24.3 Å². The van der Waals surface area contributed by atoms with Gasteiger partial charge >= 0.3 is 0 Å². The number of hydrogen-bond acceptors (Lipinski definition) is 4. The van der Waals surface area contributed by atoms with Crippen LogP contribution in [0.25, 0.3) is 0 Å². The zero-order valence-corrected chi connectivity index (χ0v) is 14.1. The van der Waals surface area contributed by atoms with Crippen LogP contribution in [0, 0.1) is 0 Å². The number of carbonyl (C=O) groups excluding carboxylic acids is 2. The predicted octanol–water partition coefficient (Wildman–Crippen LogP) is 2.54. The number of anilines is 2. The molecule has 1 aromatic rings. The van der Waals surface area contributed by atoms with Gasteiger partial charge in [-0.2, -0.15) is 0 Å². The largest absolute Gasteiger partial charge is 0.370 e. The molecule has 3 rings (SSSR count). The molecule has 124 valence electrons. The number of rotatable bonds is 4. The SMILES string of the molecule is O=C(CN1CSCC1=O)Nc1ccccc1N1CCCCCC1. The minimum absolute atomic E-state index is 0.0472. The Morgan fingerprint density at radius 2 is 1.87 bits per heavy atom. The number of amides is 2. The maximum absolute atomic E-state index is 12.3. The molecule has 5 nitrogen and oxygen atoms in total. The molecule has 0 bridgehead atoms. The van der Waals surface area contributed by atoms with Gasteiger partial charge in [-0.05, 0) is 25.0 Å². The standard InChI is InChI=1S/C17H23N3O2S/c21-16(11-20-13-23-12-17(20)22)18-14-7-3-4-8-15(14)19-9-5-1-2-6-10-19/h3-4,7-8H,1-2,5-6,9-13H2,(H,18,21). The fourth-order valence-corrected chi connectivity index (χ4v) is 3.97. The molecule has 0 aromatic heterocycles. The molecule has 2 aliphatic rings. The molecular formula is C17H23N3O2S. The van der Waals surface area contributed by atoms with E-state index in [9.17, 15) is 9.59 Å². The Kier molecular flexibility index (Phi) is 5.43. The van der Waals surface area contributed by atoms with Gasteiger partial charge in [-0.25, -0.2) is 0 Å². The summed E-state index contributed by atoms with van der Waals surface area (Å²) in [4.78, 5) is 27.9. The molecule has 1 N–H and O–H groups in total. The van der Waals surface area contributed by atoms with Crippen molar-refractivity contribution in [2.45, 2.75) is 25.7 Å². The van der Waals surface area contributed by atoms with E-state index in [0.717, 1.165) is 24.5 Å². The van der Waals surface area contributed by atoms with Crippen molar-refractivity contribution in [3.63, 3.8) is 0 Å². The molecule has 2 amide bonds. The van der Waals surface area contributed by atoms with Crippen molar-refractivity contribution in [3.8, 4) is 0 Å². The normalized spacial score (nSPS) is 18.9. The van der Waals surface area contributed by atoms with Crippen LogP contribution in [0.2, 0.25) is 0 Å². The lowest BCUT2D eigenvalue weighted by atomic mass is 10.2. The van der Waals surface area contributed by atoms with Gasteiger partial charge < -0.3 is 15.1 Å². The molecule has 0 unspecified atom stereocenters. The van der Waals surface area contributed by atoms with E-state index in [0.29, 0.717) is 11.6 Å². The van der Waals surface area contributed by atoms with Crippen LogP contribution in [0.3, 0.4) is 0 Å². The maximum Gasteiger partial charge on any atom is 0.244 e. The van der Waals surface area contributed by atoms with Crippen LogP contribution >= 0.6 is 11.8 Å². The number of hydrogen-bond donors (Lipinski definition) is 1. The third-order valence-electron chi connectivity index (χ3n) is 4.28. The van der Waals surface area contributed by atoms with Crippen LogP contribution in [0.4, 0.5) is 11.4 Å². The minimum Gasteiger partial charge on any atom is -0.370 e. The summed E-state index contributed by atoms with van der Waals surface area (Å²) in [5.74, 6) is 1.02. The highest BCUT2D eigenvalue weighted by Crippen LogP contribution is 2.28. The Hall–Kier alpha value is -1.69. The third kappa shape index (κ3) is 4.19. The third-order valence-corrected chi connectivity index (χ3v) is 5.23. The number of thioether (sulfide) groups is 1. The zero-order valence-electron chi connectivity index (χ0n) is 13.3. The second kappa shape index (κ2) is 7.73. The van der Waals surface area contributed by atoms with Gasteiger partial charge in [-0.3, -0.25) is 9.59 Å². The van der Waals surface area contributed by atoms with E-state index >= 15 is 0 Å². The van der Waals surface area contributed by atoms with Gasteiger partial charge in [0.05, 0.1) is 23.0 Å². The predicted molar refractivity (Wildman–Crippen MR) is 94.8 cm³/mol. The lowest BCUT2D eigenvalue weighted by Gasteiger charge is -2.25. The minimum atomic E-state index is -0.122. The first kappa shape index (κ1) is 16.2. The van der Waals surface area contributed by atoms with Crippen LogP contribution in [0.15, 0.2) is 24.3 Å². The highest BCUT2D eigenvalue weighted by molar-refractivity contribution is 8.00. The van der Waals surface area contributed by atoms with Crippen molar-refractivity contribution in [1.82, 2.24) is 4.90 Å². The Labute approximate surface area is 141 Å². The molecule has 23 heavy (non-hydrogen) atoms. The molecule has 0 radical (unpaired) electrons. The van der Waals surface area contributed by atoms with E-state index in [4.69, 9.17) is 0 Å². The summed E-state index contributed by atoms with van der Waals surface area (Å²) in [6, 6.07) is 7.96. The van der Waals surface area contributed by atoms with Gasteiger partial charge in [0.2, 0.25) is 11.8 Å². The maximum atomic E-state index is 12.3. The number of nitrogens with one attached hydrogen (secondary N) is 1. The van der Waals surface area contributed by atoms with E-state index < -0.39 is 0 Å². The highest BCUT2D eigenvalue weighted by atomic mass is 32.2. The van der Waals surface area contributed by atoms with E-state index in [2.05, 4.69) is 16.3 Å². The molecule has 2 heterocycles. The van der Waals surface area contributed by atoms with Gasteiger partial charge in [-0.1, -0.05) is 25.0 Å². The van der Waals surface area contributed by atoms with Crippen molar-refractivity contribution >= 4 is 35.0 Å². The second-order valence-electron chi connectivity index (χ2n) is 6.04. The summed E-state index contributed by atoms with van der Waals surface area (Å²) >= 11 is 1.55. The smallest absolute Gasteiger partial charge is 0.244 e. The van der Waals surface area contributed by atoms with Crippen molar-refractivity contribution in [1.29, 1.82) is 0 Å². The van der Waals surface area contributed by atoms with Gasteiger partial charge in [0.25, 0.3) is 0 Å². The quantitative estimate of drug-likeness (QED) is 0.920. The molecule has 0 atom stereocenters. The van der Waals surface area contributed by atoms with E-state index in [1.807, 2.05) is 18.2 Å². The summed E-state index contributed by atoms with van der Waals surface area (Å²) in [5, 5.41) is 2.99. The number of benzene rings is 1. The zero-order chi connectivity index (χ0) is 16.1. The first-order chi connectivity index (χ1) is 11.2. The molecule has 2 aliphatic heterocycles. The molecular weight excluding hydrogens is 310 g/mol. The van der Waals surface area contributed by atoms with Crippen LogP contribution in [-0.4, -0.2) is 48.0 Å². The van der Waals surface area contributed by atoms with Crippen molar-refractivity contribution in [2.24, 2.45) is 0 Å². The Bertz CT molecular complexity index is 571. The fourth-order valence-electron chi connectivity index (χ4n) is 3.07. The first-order valence-corrected chi connectivity index (χ1v) is 9.39. The second-order valence-corrected chi connectivity index (χ2v) is 6.99.